The summed E-state index contributed by atoms with van der Waals surface area (Å²) in [6, 6.07) is 25.9. The van der Waals surface area contributed by atoms with E-state index in [1.54, 1.807) is 12.1 Å². The van der Waals surface area contributed by atoms with E-state index in [1.807, 2.05) is 72.8 Å². The van der Waals surface area contributed by atoms with Crippen LogP contribution in [0.1, 0.15) is 16.7 Å². The molecule has 0 radical (unpaired) electrons. The van der Waals surface area contributed by atoms with Crippen LogP contribution in [0, 0.1) is 23.7 Å². The summed E-state index contributed by atoms with van der Waals surface area (Å²) >= 11 is 3.39. The van der Waals surface area contributed by atoms with E-state index in [4.69, 9.17) is 0 Å². The Kier molecular flexibility index (Phi) is 6.82. The molecule has 3 heteroatoms. The number of allylic oxidation sites excluding steroid dienone is 2. The molecule has 3 aromatic rings. The third-order valence-corrected chi connectivity index (χ3v) is 4.65. The monoisotopic (exact) mass is 440 g/mol. The molecule has 0 saturated carbocycles. The number of benzene rings is 3. The maximum absolute atomic E-state index is 11.3. The second-order valence-electron chi connectivity index (χ2n) is 6.17. The molecule has 3 aromatic carbocycles. The quantitative estimate of drug-likeness (QED) is 0.354. The summed E-state index contributed by atoms with van der Waals surface area (Å²) in [6.45, 7) is 0. The van der Waals surface area contributed by atoms with Crippen molar-refractivity contribution in [2.75, 3.05) is 0 Å². The third kappa shape index (κ3) is 5.56. The summed E-state index contributed by atoms with van der Waals surface area (Å²) in [7, 11) is 0. The topological polar surface area (TPSA) is 37.3 Å². The number of carbonyl (C=O) groups is 1. The normalized spacial score (nSPS) is 12.6. The highest BCUT2D eigenvalue weighted by atomic mass is 79.9. The first-order chi connectivity index (χ1) is 14.1. The van der Waals surface area contributed by atoms with Gasteiger partial charge in [0.2, 0.25) is 5.60 Å². The smallest absolute Gasteiger partial charge is 0.214 e. The van der Waals surface area contributed by atoms with Gasteiger partial charge in [0.1, 0.15) is 6.29 Å². The van der Waals surface area contributed by atoms with Gasteiger partial charge in [-0.25, -0.2) is 0 Å². The largest absolute Gasteiger partial charge is 0.363 e. The summed E-state index contributed by atoms with van der Waals surface area (Å²) in [5.41, 5.74) is 0.939. The van der Waals surface area contributed by atoms with Gasteiger partial charge in [-0.15, -0.1) is 0 Å². The molecule has 0 spiro atoms. The maximum Gasteiger partial charge on any atom is 0.214 e. The van der Waals surface area contributed by atoms with Crippen molar-refractivity contribution in [1.82, 2.24) is 0 Å². The number of aldehydes is 1. The maximum atomic E-state index is 11.3. The second-order valence-corrected chi connectivity index (χ2v) is 7.08. The van der Waals surface area contributed by atoms with E-state index >= 15 is 0 Å². The second kappa shape index (κ2) is 9.71. The fourth-order valence-corrected chi connectivity index (χ4v) is 2.87. The molecular weight excluding hydrogens is 424 g/mol. The zero-order valence-corrected chi connectivity index (χ0v) is 17.1. The molecule has 2 nitrogen and oxygen atoms in total. The molecule has 29 heavy (non-hydrogen) atoms. The lowest BCUT2D eigenvalue weighted by Gasteiger charge is -2.16. The fourth-order valence-electron chi connectivity index (χ4n) is 2.60. The molecule has 0 heterocycles. The highest BCUT2D eigenvalue weighted by molar-refractivity contribution is 9.10. The zero-order valence-electron chi connectivity index (χ0n) is 15.5. The first kappa shape index (κ1) is 20.4. The summed E-state index contributed by atoms with van der Waals surface area (Å²) in [5, 5.41) is 11.3. The van der Waals surface area contributed by atoms with Gasteiger partial charge in [0, 0.05) is 21.2 Å². The van der Waals surface area contributed by atoms with Crippen molar-refractivity contribution in [3.8, 4) is 23.7 Å². The van der Waals surface area contributed by atoms with E-state index in [9.17, 15) is 9.90 Å². The summed E-state index contributed by atoms with van der Waals surface area (Å²) < 4.78 is 0.925. The highest BCUT2D eigenvalue weighted by Gasteiger charge is 2.24. The minimum Gasteiger partial charge on any atom is -0.363 e. The van der Waals surface area contributed by atoms with Crippen LogP contribution in [-0.2, 0) is 10.4 Å². The average Bonchev–Trinajstić information content (AvgIpc) is 2.77. The van der Waals surface area contributed by atoms with Crippen LogP contribution in [0.25, 0.3) is 5.57 Å². The van der Waals surface area contributed by atoms with E-state index in [-0.39, 0.29) is 0 Å². The first-order valence-electron chi connectivity index (χ1n) is 8.91. The van der Waals surface area contributed by atoms with Crippen molar-refractivity contribution in [2.24, 2.45) is 0 Å². The highest BCUT2D eigenvalue weighted by Crippen LogP contribution is 2.22. The summed E-state index contributed by atoms with van der Waals surface area (Å²) in [6.07, 6.45) is 2.07. The predicted octanol–water partition coefficient (Wildman–Crippen LogP) is 4.97. The van der Waals surface area contributed by atoms with Crippen LogP contribution in [-0.4, -0.2) is 11.4 Å². The lowest BCUT2D eigenvalue weighted by atomic mass is 9.93. The SMILES string of the molecule is O=C/C=C(\C#CC(O)(C#Cc1ccccc1)c1ccccc1)c1ccc(Br)cc1. The molecule has 0 aliphatic rings. The van der Waals surface area contributed by atoms with Crippen molar-refractivity contribution in [3.63, 3.8) is 0 Å². The molecule has 0 aliphatic heterocycles. The molecule has 1 unspecified atom stereocenters. The first-order valence-corrected chi connectivity index (χ1v) is 9.71. The third-order valence-electron chi connectivity index (χ3n) is 4.12. The van der Waals surface area contributed by atoms with Gasteiger partial charge >= 0.3 is 0 Å². The molecular formula is C26H17BrO2. The zero-order chi connectivity index (χ0) is 20.5. The predicted molar refractivity (Wildman–Crippen MR) is 120 cm³/mol. The van der Waals surface area contributed by atoms with Gasteiger partial charge in [-0.2, -0.15) is 0 Å². The number of carbonyl (C=O) groups excluding carboxylic acids is 1. The van der Waals surface area contributed by atoms with Crippen molar-refractivity contribution in [3.05, 3.63) is 112 Å². The molecule has 0 aromatic heterocycles. The van der Waals surface area contributed by atoms with Crippen LogP contribution < -0.4 is 0 Å². The minimum atomic E-state index is -1.69. The number of hydrogen-bond donors (Lipinski definition) is 1. The number of aliphatic hydroxyl groups is 1. The fraction of sp³-hybridized carbons (Fsp3) is 0.0385. The Bertz CT molecular complexity index is 1130. The molecule has 0 bridgehead atoms. The number of rotatable bonds is 3. The van der Waals surface area contributed by atoms with Crippen LogP contribution in [0.15, 0.2) is 95.5 Å². The van der Waals surface area contributed by atoms with E-state index in [0.717, 1.165) is 15.6 Å². The van der Waals surface area contributed by atoms with Crippen LogP contribution in [0.2, 0.25) is 0 Å². The van der Waals surface area contributed by atoms with Crippen molar-refractivity contribution in [2.45, 2.75) is 5.60 Å². The molecule has 0 aliphatic carbocycles. The van der Waals surface area contributed by atoms with Crippen molar-refractivity contribution in [1.29, 1.82) is 0 Å². The lowest BCUT2D eigenvalue weighted by molar-refractivity contribution is -0.104. The van der Waals surface area contributed by atoms with Gasteiger partial charge in [0.05, 0.1) is 0 Å². The van der Waals surface area contributed by atoms with E-state index in [2.05, 4.69) is 39.6 Å². The van der Waals surface area contributed by atoms with E-state index in [0.29, 0.717) is 17.4 Å². The van der Waals surface area contributed by atoms with Crippen LogP contribution in [0.4, 0.5) is 0 Å². The van der Waals surface area contributed by atoms with Crippen LogP contribution in [0.5, 0.6) is 0 Å². The van der Waals surface area contributed by atoms with Gasteiger partial charge in [-0.05, 0) is 47.7 Å². The van der Waals surface area contributed by atoms with Gasteiger partial charge in [-0.1, -0.05) is 88.4 Å². The molecule has 0 amide bonds. The standard InChI is InChI=1S/C26H17BrO2/c27-25-13-11-22(12-14-25)23(17-20-28)16-19-26(29,24-9-5-2-6-10-24)18-15-21-7-3-1-4-8-21/h1-14,17,20,29H/b23-17+. The van der Waals surface area contributed by atoms with Gasteiger partial charge in [0.15, 0.2) is 0 Å². The van der Waals surface area contributed by atoms with Gasteiger partial charge in [-0.3, -0.25) is 4.79 Å². The summed E-state index contributed by atoms with van der Waals surface area (Å²) in [4.78, 5) is 11.1. The Morgan fingerprint density at radius 2 is 1.48 bits per heavy atom. The van der Waals surface area contributed by atoms with Crippen LogP contribution in [0.3, 0.4) is 0 Å². The Hall–Kier alpha value is -3.37. The molecule has 1 atom stereocenters. The molecule has 0 saturated heterocycles. The van der Waals surface area contributed by atoms with Crippen molar-refractivity contribution < 1.29 is 9.90 Å². The number of hydrogen-bond acceptors (Lipinski definition) is 2. The Morgan fingerprint density at radius 3 is 2.10 bits per heavy atom. The molecule has 0 fully saturated rings. The Morgan fingerprint density at radius 1 is 0.862 bits per heavy atom. The van der Waals surface area contributed by atoms with Crippen LogP contribution >= 0.6 is 15.9 Å². The van der Waals surface area contributed by atoms with E-state index in [1.165, 1.54) is 6.08 Å². The molecule has 3 rings (SSSR count). The van der Waals surface area contributed by atoms with Gasteiger partial charge < -0.3 is 5.11 Å². The molecule has 1 N–H and O–H groups in total. The Balaban J connectivity index is 2.06. The van der Waals surface area contributed by atoms with Gasteiger partial charge in [0.25, 0.3) is 0 Å². The minimum absolute atomic E-state index is 0.503. The number of halogens is 1. The Labute approximate surface area is 179 Å². The lowest BCUT2D eigenvalue weighted by Crippen LogP contribution is -2.21. The average molecular weight is 441 g/mol. The molecule has 140 valence electrons. The van der Waals surface area contributed by atoms with E-state index < -0.39 is 5.60 Å². The summed E-state index contributed by atoms with van der Waals surface area (Å²) in [5.74, 6) is 11.7. The van der Waals surface area contributed by atoms with Crippen molar-refractivity contribution >= 4 is 27.8 Å².